The fraction of sp³-hybridized carbons (Fsp3) is 0.563. The van der Waals surface area contributed by atoms with E-state index in [4.69, 9.17) is 18.9 Å². The SMILES string of the molecule is CC/C=C\C/C=C\C/C=C\C/C=C\C/C=C\C/C=C\C/C=C\C/C=C\C/C=C\C/C=C\C/C=C\C/C=C\CCCCC(=O)NC(COC1OC(CO)C(OC2OC(CO)C(O)C(O)C2O)C(O)C1O)C(O)/C=C/CC/C=C/CC/C=C/CCCC. The van der Waals surface area contributed by atoms with Gasteiger partial charge in [-0.25, -0.2) is 0 Å². The lowest BCUT2D eigenvalue weighted by molar-refractivity contribution is -0.359. The molecule has 2 aliphatic rings. The molecular weight excluding hydrogens is 1070 g/mol. The Hall–Kier alpha value is -4.91. The number of ether oxygens (including phenoxy) is 4. The molecule has 85 heavy (non-hydrogen) atoms. The largest absolute Gasteiger partial charge is 0.394 e. The van der Waals surface area contributed by atoms with Crippen molar-refractivity contribution in [1.82, 2.24) is 5.32 Å². The monoisotopic (exact) mass is 1180 g/mol. The Bertz CT molecular complexity index is 2130. The second kappa shape index (κ2) is 53.3. The first-order valence-electron chi connectivity index (χ1n) is 31.5. The maximum absolute atomic E-state index is 13.2. The minimum absolute atomic E-state index is 0.201. The van der Waals surface area contributed by atoms with E-state index < -0.39 is 86.8 Å². The zero-order valence-electron chi connectivity index (χ0n) is 51.3. The standard InChI is InChI=1S/C71H109NO13/c1-3-5-7-9-11-13-15-17-18-19-20-21-22-23-24-25-26-27-28-29-30-31-32-33-34-35-36-37-38-39-40-41-42-43-45-47-49-51-53-55-63(76)72-59(60(75)54-52-50-48-46-44-16-14-12-10-8-6-4-2)58-82-70-68(81)66(79)69(62(57-74)84-70)85-71-67(80)65(78)64(77)61(56-73)83-71/h5,7,10-13,17-18,20-21,23-24,26-27,29-30,32-33,35-36,38-39,41-42,44-47,52,54,59-62,64-71,73-75,77-81H,3-4,6,8-9,14-16,19,22,25,28,31,34,37,40,43,48-51,53,55-58H2,1-2H3,(H,72,76)/b7-5-,12-10+,13-11-,18-17-,21-20-,24-23-,27-26-,30-29-,33-32-,36-35-,39-38-,42-41-,46-44+,47-45-,54-52+. The Labute approximate surface area is 510 Å². The molecule has 14 nitrogen and oxygen atoms in total. The van der Waals surface area contributed by atoms with E-state index in [2.05, 4.69) is 189 Å². The molecule has 2 aliphatic heterocycles. The van der Waals surface area contributed by atoms with Crippen LogP contribution in [0.5, 0.6) is 0 Å². The first-order chi connectivity index (χ1) is 41.6. The molecule has 2 heterocycles. The number of nitrogens with one attached hydrogen (secondary N) is 1. The van der Waals surface area contributed by atoms with Crippen LogP contribution in [-0.4, -0.2) is 140 Å². The van der Waals surface area contributed by atoms with Crippen LogP contribution in [-0.2, 0) is 23.7 Å². The van der Waals surface area contributed by atoms with Gasteiger partial charge in [-0.15, -0.1) is 0 Å². The molecule has 0 aromatic carbocycles. The molecule has 0 aromatic rings. The zero-order valence-corrected chi connectivity index (χ0v) is 51.3. The van der Waals surface area contributed by atoms with Crippen LogP contribution in [0.25, 0.3) is 0 Å². The summed E-state index contributed by atoms with van der Waals surface area (Å²) in [6.45, 7) is 2.53. The van der Waals surface area contributed by atoms with Gasteiger partial charge in [0.2, 0.25) is 5.91 Å². The van der Waals surface area contributed by atoms with Gasteiger partial charge in [0.05, 0.1) is 32.0 Å². The van der Waals surface area contributed by atoms with Crippen molar-refractivity contribution in [3.8, 4) is 0 Å². The van der Waals surface area contributed by atoms with Gasteiger partial charge in [0.1, 0.15) is 48.8 Å². The number of allylic oxidation sites excluding steroid dienone is 29. The number of hydrogen-bond donors (Lipinski definition) is 9. The highest BCUT2D eigenvalue weighted by Gasteiger charge is 2.51. The van der Waals surface area contributed by atoms with Crippen molar-refractivity contribution in [2.75, 3.05) is 19.8 Å². The van der Waals surface area contributed by atoms with Crippen molar-refractivity contribution in [2.45, 2.75) is 235 Å². The summed E-state index contributed by atoms with van der Waals surface area (Å²) in [7, 11) is 0. The Balaban J connectivity index is 1.69. The van der Waals surface area contributed by atoms with Crippen LogP contribution in [0.3, 0.4) is 0 Å². The molecule has 0 aliphatic carbocycles. The number of amides is 1. The highest BCUT2D eigenvalue weighted by Crippen LogP contribution is 2.30. The van der Waals surface area contributed by atoms with E-state index in [-0.39, 0.29) is 18.9 Å². The van der Waals surface area contributed by atoms with Gasteiger partial charge >= 0.3 is 0 Å². The van der Waals surface area contributed by atoms with Crippen molar-refractivity contribution in [3.63, 3.8) is 0 Å². The molecule has 0 saturated carbocycles. The highest BCUT2D eigenvalue weighted by atomic mass is 16.7. The van der Waals surface area contributed by atoms with Crippen molar-refractivity contribution in [1.29, 1.82) is 0 Å². The summed E-state index contributed by atoms with van der Waals surface area (Å²) < 4.78 is 22.7. The molecule has 0 bridgehead atoms. The first kappa shape index (κ1) is 76.2. The number of rotatable bonds is 47. The third-order valence-corrected chi connectivity index (χ3v) is 13.8. The fourth-order valence-corrected chi connectivity index (χ4v) is 8.76. The van der Waals surface area contributed by atoms with Crippen LogP contribution in [0, 0.1) is 0 Å². The molecule has 476 valence electrons. The summed E-state index contributed by atoms with van der Waals surface area (Å²) >= 11 is 0. The molecule has 12 unspecified atom stereocenters. The maximum Gasteiger partial charge on any atom is 0.220 e. The van der Waals surface area contributed by atoms with E-state index in [0.717, 1.165) is 116 Å². The molecule has 2 rings (SSSR count). The maximum atomic E-state index is 13.2. The van der Waals surface area contributed by atoms with Crippen molar-refractivity contribution < 1.29 is 64.6 Å². The van der Waals surface area contributed by atoms with E-state index in [9.17, 15) is 45.6 Å². The average molecular weight is 1180 g/mol. The van der Waals surface area contributed by atoms with Gasteiger partial charge in [-0.05, 0) is 128 Å². The molecular formula is C71H109NO13. The molecule has 0 radical (unpaired) electrons. The van der Waals surface area contributed by atoms with Crippen LogP contribution < -0.4 is 5.32 Å². The van der Waals surface area contributed by atoms with Crippen molar-refractivity contribution in [2.24, 2.45) is 0 Å². The van der Waals surface area contributed by atoms with Gasteiger partial charge in [0.15, 0.2) is 12.6 Å². The zero-order chi connectivity index (χ0) is 61.6. The third kappa shape index (κ3) is 38.1. The summed E-state index contributed by atoms with van der Waals surface area (Å²) in [5, 5.41) is 86.9. The number of aliphatic hydroxyl groups excluding tert-OH is 8. The van der Waals surface area contributed by atoms with Crippen LogP contribution in [0.4, 0.5) is 0 Å². The third-order valence-electron chi connectivity index (χ3n) is 13.8. The quantitative estimate of drug-likeness (QED) is 0.0204. The van der Waals surface area contributed by atoms with E-state index in [1.807, 2.05) is 6.08 Å². The Morgan fingerprint density at radius 2 is 0.812 bits per heavy atom. The topological polar surface area (TPSA) is 228 Å². The highest BCUT2D eigenvalue weighted by molar-refractivity contribution is 5.76. The van der Waals surface area contributed by atoms with E-state index >= 15 is 0 Å². The summed E-state index contributed by atoms with van der Waals surface area (Å²) in [4.78, 5) is 13.2. The van der Waals surface area contributed by atoms with Crippen molar-refractivity contribution >= 4 is 5.91 Å². The van der Waals surface area contributed by atoms with E-state index in [1.54, 1.807) is 6.08 Å². The van der Waals surface area contributed by atoms with E-state index in [0.29, 0.717) is 12.8 Å². The van der Waals surface area contributed by atoms with Crippen molar-refractivity contribution in [3.05, 3.63) is 182 Å². The number of aliphatic hydroxyl groups is 8. The molecule has 9 N–H and O–H groups in total. The number of hydrogen-bond acceptors (Lipinski definition) is 13. The molecule has 0 spiro atoms. The Kier molecular flexibility index (Phi) is 47.8. The number of carbonyl (C=O) groups is 1. The lowest BCUT2D eigenvalue weighted by Crippen LogP contribution is -2.65. The van der Waals surface area contributed by atoms with Crippen LogP contribution >= 0.6 is 0 Å². The van der Waals surface area contributed by atoms with Gasteiger partial charge < -0.3 is 65.1 Å². The molecule has 0 aromatic heterocycles. The first-order valence-corrected chi connectivity index (χ1v) is 31.5. The minimum Gasteiger partial charge on any atom is -0.394 e. The summed E-state index contributed by atoms with van der Waals surface area (Å²) in [6.07, 6.45) is 68.1. The number of carbonyl (C=O) groups excluding carboxylic acids is 1. The average Bonchev–Trinajstić information content (AvgIpc) is 3.60. The molecule has 14 heteroatoms. The molecule has 2 fully saturated rings. The van der Waals surface area contributed by atoms with Gasteiger partial charge in [-0.2, -0.15) is 0 Å². The van der Waals surface area contributed by atoms with Gasteiger partial charge in [-0.1, -0.05) is 209 Å². The van der Waals surface area contributed by atoms with Gasteiger partial charge in [0, 0.05) is 6.42 Å². The van der Waals surface area contributed by atoms with Gasteiger partial charge in [-0.3, -0.25) is 4.79 Å². The van der Waals surface area contributed by atoms with Gasteiger partial charge in [0.25, 0.3) is 0 Å². The van der Waals surface area contributed by atoms with Crippen LogP contribution in [0.1, 0.15) is 162 Å². The van der Waals surface area contributed by atoms with E-state index in [1.165, 1.54) is 12.8 Å². The second-order valence-electron chi connectivity index (χ2n) is 21.1. The summed E-state index contributed by atoms with van der Waals surface area (Å²) in [5.41, 5.74) is 0. The smallest absolute Gasteiger partial charge is 0.220 e. The number of unbranched alkanes of at least 4 members (excludes halogenated alkanes) is 6. The summed E-state index contributed by atoms with van der Waals surface area (Å²) in [5.74, 6) is -0.307. The predicted molar refractivity (Wildman–Crippen MR) is 345 cm³/mol. The lowest BCUT2D eigenvalue weighted by atomic mass is 9.97. The predicted octanol–water partition coefficient (Wildman–Crippen LogP) is 11.8. The van der Waals surface area contributed by atoms with Crippen LogP contribution in [0.15, 0.2) is 182 Å². The molecule has 12 atom stereocenters. The summed E-state index contributed by atoms with van der Waals surface area (Å²) in [6, 6.07) is -0.975. The minimum atomic E-state index is -1.81. The normalized spacial score (nSPS) is 24.8. The fourth-order valence-electron chi connectivity index (χ4n) is 8.76. The second-order valence-corrected chi connectivity index (χ2v) is 21.1. The van der Waals surface area contributed by atoms with Crippen LogP contribution in [0.2, 0.25) is 0 Å². The molecule has 2 saturated heterocycles. The molecule has 1 amide bonds. The Morgan fingerprint density at radius 3 is 1.25 bits per heavy atom. The lowest BCUT2D eigenvalue weighted by Gasteiger charge is -2.46. The Morgan fingerprint density at radius 1 is 0.435 bits per heavy atom.